The second-order valence-electron chi connectivity index (χ2n) is 7.05. The summed E-state index contributed by atoms with van der Waals surface area (Å²) in [6.07, 6.45) is 0.435. The van der Waals surface area contributed by atoms with Crippen molar-refractivity contribution in [3.63, 3.8) is 0 Å². The van der Waals surface area contributed by atoms with E-state index in [0.29, 0.717) is 42.0 Å². The van der Waals surface area contributed by atoms with E-state index in [-0.39, 0.29) is 18.7 Å². The topological polar surface area (TPSA) is 91.0 Å². The van der Waals surface area contributed by atoms with Crippen LogP contribution in [0.3, 0.4) is 0 Å². The monoisotopic (exact) mass is 428 g/mol. The summed E-state index contributed by atoms with van der Waals surface area (Å²) in [6.45, 7) is 3.94. The van der Waals surface area contributed by atoms with E-state index >= 15 is 0 Å². The van der Waals surface area contributed by atoms with Gasteiger partial charge < -0.3 is 19.9 Å². The number of carbonyl (C=O) groups is 3. The largest absolute Gasteiger partial charge is 0.495 e. The van der Waals surface area contributed by atoms with Crippen LogP contribution in [0.4, 0.5) is 10.5 Å². The normalized spacial score (nSPS) is 22.1. The number of ether oxygens (including phenoxy) is 1. The molecule has 1 aromatic rings. The van der Waals surface area contributed by atoms with Gasteiger partial charge in [0.05, 0.1) is 22.8 Å². The number of hydrogen-bond acceptors (Lipinski definition) is 5. The fraction of sp³-hybridized carbons (Fsp3) is 0.500. The zero-order chi connectivity index (χ0) is 20.5. The minimum Gasteiger partial charge on any atom is -0.495 e. The number of amides is 4. The number of anilines is 1. The van der Waals surface area contributed by atoms with Crippen molar-refractivity contribution in [3.8, 4) is 5.75 Å². The molecule has 2 aliphatic heterocycles. The van der Waals surface area contributed by atoms with E-state index in [1.54, 1.807) is 31.1 Å². The number of nitrogens with zero attached hydrogens (tertiary/aromatic N) is 2. The Balaban J connectivity index is 1.57. The summed E-state index contributed by atoms with van der Waals surface area (Å²) in [5.41, 5.74) is -0.205. The highest BCUT2D eigenvalue weighted by atomic mass is 35.5. The van der Waals surface area contributed by atoms with E-state index in [1.165, 1.54) is 0 Å². The van der Waals surface area contributed by atoms with Crippen LogP contribution in [-0.4, -0.2) is 61.6 Å². The van der Waals surface area contributed by atoms with E-state index < -0.39 is 17.5 Å². The number of halogens is 2. The molecule has 28 heavy (non-hydrogen) atoms. The number of piperazine rings is 1. The smallest absolute Gasteiger partial charge is 0.322 e. The summed E-state index contributed by atoms with van der Waals surface area (Å²) in [7, 11) is 1.57. The van der Waals surface area contributed by atoms with E-state index in [4.69, 9.17) is 27.9 Å². The van der Waals surface area contributed by atoms with Crippen LogP contribution < -0.4 is 20.3 Å². The molecular weight excluding hydrogens is 407 g/mol. The summed E-state index contributed by atoms with van der Waals surface area (Å²) in [6, 6.07) is 2.92. The van der Waals surface area contributed by atoms with E-state index in [2.05, 4.69) is 15.5 Å². The Bertz CT molecular complexity index is 811. The Morgan fingerprint density at radius 2 is 1.82 bits per heavy atom. The zero-order valence-electron chi connectivity index (χ0n) is 15.7. The maximum Gasteiger partial charge on any atom is 0.322 e. The maximum absolute atomic E-state index is 12.6. The van der Waals surface area contributed by atoms with Gasteiger partial charge in [-0.3, -0.25) is 14.9 Å². The highest BCUT2D eigenvalue weighted by Crippen LogP contribution is 2.36. The van der Waals surface area contributed by atoms with Crippen LogP contribution in [0, 0.1) is 0 Å². The van der Waals surface area contributed by atoms with Gasteiger partial charge in [-0.2, -0.15) is 0 Å². The molecular formula is C18H22Cl2N4O4. The first kappa shape index (κ1) is 20.5. The van der Waals surface area contributed by atoms with Crippen molar-refractivity contribution >= 4 is 46.7 Å². The molecule has 2 aliphatic rings. The van der Waals surface area contributed by atoms with Crippen molar-refractivity contribution in [1.82, 2.24) is 15.5 Å². The summed E-state index contributed by atoms with van der Waals surface area (Å²) < 4.78 is 5.40. The molecule has 1 aromatic carbocycles. The molecule has 152 valence electrons. The van der Waals surface area contributed by atoms with Crippen LogP contribution in [0.2, 0.25) is 10.0 Å². The standard InChI is InChI=1S/C18H22Cl2N4O4/c1-18(16(26)21-17(27)22-18)4-3-15(25)24-7-5-23(6-8-24)13-9-11(19)12(20)10-14(13)28-2/h9-10H,3-8H2,1-2H3,(H2,21,22,26,27)/t18-/m1/s1. The Morgan fingerprint density at radius 1 is 1.18 bits per heavy atom. The molecule has 0 aromatic heterocycles. The van der Waals surface area contributed by atoms with Crippen molar-refractivity contribution in [2.75, 3.05) is 38.2 Å². The Hall–Kier alpha value is -2.19. The molecule has 8 nitrogen and oxygen atoms in total. The third-order valence-electron chi connectivity index (χ3n) is 5.15. The van der Waals surface area contributed by atoms with Crippen LogP contribution in [-0.2, 0) is 9.59 Å². The fourth-order valence-corrected chi connectivity index (χ4v) is 3.71. The van der Waals surface area contributed by atoms with Crippen LogP contribution in [0.25, 0.3) is 0 Å². The number of carbonyl (C=O) groups excluding carboxylic acids is 3. The predicted molar refractivity (Wildman–Crippen MR) is 106 cm³/mol. The average Bonchev–Trinajstić information content (AvgIpc) is 2.93. The Morgan fingerprint density at radius 3 is 2.39 bits per heavy atom. The molecule has 2 fully saturated rings. The van der Waals surface area contributed by atoms with E-state index in [0.717, 1.165) is 5.69 Å². The number of nitrogens with one attached hydrogen (secondary N) is 2. The lowest BCUT2D eigenvalue weighted by molar-refractivity contribution is -0.132. The minimum absolute atomic E-state index is 0.0454. The predicted octanol–water partition coefficient (Wildman–Crippen LogP) is 2.03. The van der Waals surface area contributed by atoms with E-state index in [1.807, 2.05) is 0 Å². The van der Waals surface area contributed by atoms with Gasteiger partial charge in [0, 0.05) is 38.7 Å². The lowest BCUT2D eigenvalue weighted by Crippen LogP contribution is -2.50. The quantitative estimate of drug-likeness (QED) is 0.700. The van der Waals surface area contributed by atoms with Crippen LogP contribution in [0.15, 0.2) is 12.1 Å². The Kier molecular flexibility index (Phi) is 5.90. The zero-order valence-corrected chi connectivity index (χ0v) is 17.2. The molecule has 0 spiro atoms. The van der Waals surface area contributed by atoms with Gasteiger partial charge in [0.15, 0.2) is 0 Å². The average molecular weight is 429 g/mol. The number of hydrogen-bond donors (Lipinski definition) is 2. The molecule has 0 saturated carbocycles. The Labute approximate surface area is 173 Å². The molecule has 0 unspecified atom stereocenters. The van der Waals surface area contributed by atoms with Gasteiger partial charge in [-0.05, 0) is 19.4 Å². The number of urea groups is 1. The molecule has 2 saturated heterocycles. The summed E-state index contributed by atoms with van der Waals surface area (Å²) in [5.74, 6) is 0.183. The van der Waals surface area contributed by atoms with Crippen LogP contribution in [0.1, 0.15) is 19.8 Å². The first-order valence-electron chi connectivity index (χ1n) is 8.93. The van der Waals surface area contributed by atoms with Crippen molar-refractivity contribution in [3.05, 3.63) is 22.2 Å². The first-order valence-corrected chi connectivity index (χ1v) is 9.68. The van der Waals surface area contributed by atoms with Crippen molar-refractivity contribution in [2.45, 2.75) is 25.3 Å². The fourth-order valence-electron chi connectivity index (χ4n) is 3.40. The second-order valence-corrected chi connectivity index (χ2v) is 7.86. The highest BCUT2D eigenvalue weighted by Gasteiger charge is 2.42. The minimum atomic E-state index is -1.04. The molecule has 10 heteroatoms. The molecule has 2 N–H and O–H groups in total. The highest BCUT2D eigenvalue weighted by molar-refractivity contribution is 6.42. The van der Waals surface area contributed by atoms with Crippen LogP contribution in [0.5, 0.6) is 5.75 Å². The lowest BCUT2D eigenvalue weighted by atomic mass is 9.96. The van der Waals surface area contributed by atoms with Crippen molar-refractivity contribution in [2.24, 2.45) is 0 Å². The molecule has 4 amide bonds. The maximum atomic E-state index is 12.6. The third-order valence-corrected chi connectivity index (χ3v) is 5.87. The molecule has 0 radical (unpaired) electrons. The van der Waals surface area contributed by atoms with Crippen LogP contribution >= 0.6 is 23.2 Å². The number of imide groups is 1. The lowest BCUT2D eigenvalue weighted by Gasteiger charge is -2.37. The van der Waals surface area contributed by atoms with Gasteiger partial charge in [-0.1, -0.05) is 23.2 Å². The van der Waals surface area contributed by atoms with Gasteiger partial charge in [0.25, 0.3) is 5.91 Å². The first-order chi connectivity index (χ1) is 13.2. The molecule has 3 rings (SSSR count). The summed E-state index contributed by atoms with van der Waals surface area (Å²) >= 11 is 12.2. The third kappa shape index (κ3) is 4.12. The van der Waals surface area contributed by atoms with Gasteiger partial charge in [0.1, 0.15) is 11.3 Å². The molecule has 2 heterocycles. The summed E-state index contributed by atoms with van der Waals surface area (Å²) in [5, 5.41) is 5.64. The van der Waals surface area contributed by atoms with Gasteiger partial charge in [-0.25, -0.2) is 4.79 Å². The summed E-state index contributed by atoms with van der Waals surface area (Å²) in [4.78, 5) is 39.6. The van der Waals surface area contributed by atoms with Gasteiger partial charge in [0.2, 0.25) is 5.91 Å². The van der Waals surface area contributed by atoms with Gasteiger partial charge >= 0.3 is 6.03 Å². The SMILES string of the molecule is COc1cc(Cl)c(Cl)cc1N1CCN(C(=O)CC[C@@]2(C)NC(=O)NC2=O)CC1. The molecule has 0 aliphatic carbocycles. The number of methoxy groups -OCH3 is 1. The van der Waals surface area contributed by atoms with E-state index in [9.17, 15) is 14.4 Å². The second kappa shape index (κ2) is 8.05. The number of benzene rings is 1. The molecule has 0 bridgehead atoms. The van der Waals surface area contributed by atoms with Gasteiger partial charge in [-0.15, -0.1) is 0 Å². The molecule has 1 atom stereocenters. The number of rotatable bonds is 5. The van der Waals surface area contributed by atoms with Crippen molar-refractivity contribution < 1.29 is 19.1 Å². The van der Waals surface area contributed by atoms with Crippen molar-refractivity contribution in [1.29, 1.82) is 0 Å².